The Kier molecular flexibility index (Phi) is 6.33. The summed E-state index contributed by atoms with van der Waals surface area (Å²) in [7, 11) is 0. The summed E-state index contributed by atoms with van der Waals surface area (Å²) in [5, 5.41) is 4.63. The average molecular weight is 391 g/mol. The third-order valence-electron chi connectivity index (χ3n) is 4.59. The molecule has 0 radical (unpaired) electrons. The summed E-state index contributed by atoms with van der Waals surface area (Å²) in [5.74, 6) is -0.118. The van der Waals surface area contributed by atoms with Gasteiger partial charge in [0, 0.05) is 40.7 Å². The molecular formula is C20H23ClN2O2S. The Labute approximate surface area is 162 Å². The van der Waals surface area contributed by atoms with Gasteiger partial charge in [0.1, 0.15) is 0 Å². The van der Waals surface area contributed by atoms with Gasteiger partial charge in [-0.2, -0.15) is 0 Å². The molecule has 1 aromatic carbocycles. The van der Waals surface area contributed by atoms with Gasteiger partial charge in [0.25, 0.3) is 0 Å². The van der Waals surface area contributed by atoms with Crippen LogP contribution in [0, 0.1) is 5.92 Å². The highest BCUT2D eigenvalue weighted by molar-refractivity contribution is 7.20. The van der Waals surface area contributed by atoms with E-state index in [1.807, 2.05) is 31.2 Å². The Hall–Kier alpha value is -1.85. The van der Waals surface area contributed by atoms with Crippen LogP contribution in [0.1, 0.15) is 31.1 Å². The number of benzene rings is 1. The number of rotatable bonds is 5. The number of thiophene rings is 1. The molecular weight excluding hydrogens is 368 g/mol. The molecule has 2 aromatic rings. The molecule has 6 heteroatoms. The maximum atomic E-state index is 12.5. The predicted octanol–water partition coefficient (Wildman–Crippen LogP) is 4.33. The maximum Gasteiger partial charge on any atom is 0.246 e. The Bertz CT molecular complexity index is 830. The number of amides is 2. The molecule has 4 nitrogen and oxygen atoms in total. The lowest BCUT2D eigenvalue weighted by Gasteiger charge is -2.31. The zero-order valence-electron chi connectivity index (χ0n) is 14.8. The van der Waals surface area contributed by atoms with Crippen molar-refractivity contribution in [2.24, 2.45) is 5.92 Å². The van der Waals surface area contributed by atoms with Gasteiger partial charge in [-0.25, -0.2) is 0 Å². The smallest absolute Gasteiger partial charge is 0.246 e. The van der Waals surface area contributed by atoms with E-state index < -0.39 is 0 Å². The highest BCUT2D eigenvalue weighted by Gasteiger charge is 2.27. The van der Waals surface area contributed by atoms with Crippen molar-refractivity contribution < 1.29 is 9.59 Å². The highest BCUT2D eigenvalue weighted by Crippen LogP contribution is 2.36. The molecule has 26 heavy (non-hydrogen) atoms. The predicted molar refractivity (Wildman–Crippen MR) is 108 cm³/mol. The first kappa shape index (κ1) is 18.9. The Morgan fingerprint density at radius 1 is 1.38 bits per heavy atom. The number of hydrogen-bond donors (Lipinski definition) is 1. The minimum atomic E-state index is -0.111. The van der Waals surface area contributed by atoms with Crippen LogP contribution < -0.4 is 5.32 Å². The van der Waals surface area contributed by atoms with E-state index in [0.717, 1.165) is 34.2 Å². The number of piperidine rings is 1. The van der Waals surface area contributed by atoms with Crippen LogP contribution in [0.2, 0.25) is 5.02 Å². The Morgan fingerprint density at radius 3 is 2.96 bits per heavy atom. The van der Waals surface area contributed by atoms with E-state index in [-0.39, 0.29) is 17.7 Å². The Morgan fingerprint density at radius 2 is 2.19 bits per heavy atom. The van der Waals surface area contributed by atoms with E-state index in [9.17, 15) is 9.59 Å². The molecule has 2 heterocycles. The molecule has 1 N–H and O–H groups in total. The number of hydrogen-bond acceptors (Lipinski definition) is 3. The van der Waals surface area contributed by atoms with Crippen molar-refractivity contribution in [3.63, 3.8) is 0 Å². The summed E-state index contributed by atoms with van der Waals surface area (Å²) in [5.41, 5.74) is 0. The van der Waals surface area contributed by atoms with Gasteiger partial charge in [-0.05, 0) is 31.4 Å². The summed E-state index contributed by atoms with van der Waals surface area (Å²) in [4.78, 5) is 27.4. The highest BCUT2D eigenvalue weighted by atomic mass is 35.5. The van der Waals surface area contributed by atoms with Crippen molar-refractivity contribution in [2.45, 2.75) is 26.2 Å². The standard InChI is InChI=1S/C20H23ClN2O2S/c1-2-11-22-20(25)14-6-5-12-23(13-14)18(24)10-9-17-19(21)15-7-3-4-8-16(15)26-17/h3-4,7-10,14H,2,5-6,11-13H2,1H3,(H,22,25)/b10-9+. The molecule has 138 valence electrons. The van der Waals surface area contributed by atoms with Crippen LogP contribution >= 0.6 is 22.9 Å². The first-order valence-corrected chi connectivity index (χ1v) is 10.2. The van der Waals surface area contributed by atoms with Gasteiger partial charge in [-0.15, -0.1) is 11.3 Å². The second-order valence-electron chi connectivity index (χ2n) is 6.52. The molecule has 3 rings (SSSR count). The van der Waals surface area contributed by atoms with Gasteiger partial charge in [-0.1, -0.05) is 36.7 Å². The zero-order valence-corrected chi connectivity index (χ0v) is 16.4. The van der Waals surface area contributed by atoms with Gasteiger partial charge < -0.3 is 10.2 Å². The molecule has 1 fully saturated rings. The van der Waals surface area contributed by atoms with Crippen LogP contribution in [0.4, 0.5) is 0 Å². The van der Waals surface area contributed by atoms with Crippen molar-refractivity contribution >= 4 is 50.9 Å². The number of nitrogens with zero attached hydrogens (tertiary/aromatic N) is 1. The Balaban J connectivity index is 1.65. The molecule has 1 atom stereocenters. The fourth-order valence-electron chi connectivity index (χ4n) is 3.18. The number of carbonyl (C=O) groups excluding carboxylic acids is 2. The third-order valence-corrected chi connectivity index (χ3v) is 6.25. The van der Waals surface area contributed by atoms with E-state index >= 15 is 0 Å². The lowest BCUT2D eigenvalue weighted by Crippen LogP contribution is -2.45. The van der Waals surface area contributed by atoms with Crippen molar-refractivity contribution in [3.8, 4) is 0 Å². The SMILES string of the molecule is CCCNC(=O)C1CCCN(C(=O)/C=C/c2sc3ccccc3c2Cl)C1. The van der Waals surface area contributed by atoms with Crippen LogP contribution in [0.15, 0.2) is 30.3 Å². The summed E-state index contributed by atoms with van der Waals surface area (Å²) in [6, 6.07) is 7.94. The van der Waals surface area contributed by atoms with Gasteiger partial charge >= 0.3 is 0 Å². The fourth-order valence-corrected chi connectivity index (χ4v) is 4.58. The van der Waals surface area contributed by atoms with Gasteiger partial charge in [0.05, 0.1) is 10.9 Å². The van der Waals surface area contributed by atoms with Crippen molar-refractivity contribution in [1.82, 2.24) is 10.2 Å². The molecule has 2 amide bonds. The summed E-state index contributed by atoms with van der Waals surface area (Å²) < 4.78 is 1.11. The molecule has 1 aliphatic rings. The van der Waals surface area contributed by atoms with Crippen LogP contribution in [-0.4, -0.2) is 36.3 Å². The third kappa shape index (κ3) is 4.27. The molecule has 0 bridgehead atoms. The van der Waals surface area contributed by atoms with E-state index in [1.54, 1.807) is 28.4 Å². The molecule has 0 aliphatic carbocycles. The summed E-state index contributed by atoms with van der Waals surface area (Å²) in [6.07, 6.45) is 5.97. The average Bonchev–Trinajstić information content (AvgIpc) is 3.00. The lowest BCUT2D eigenvalue weighted by atomic mass is 9.97. The van der Waals surface area contributed by atoms with Crippen molar-refractivity contribution in [3.05, 3.63) is 40.2 Å². The topological polar surface area (TPSA) is 49.4 Å². The van der Waals surface area contributed by atoms with E-state index in [2.05, 4.69) is 5.32 Å². The van der Waals surface area contributed by atoms with E-state index in [4.69, 9.17) is 11.6 Å². The van der Waals surface area contributed by atoms with Gasteiger partial charge in [0.2, 0.25) is 11.8 Å². The number of nitrogens with one attached hydrogen (secondary N) is 1. The summed E-state index contributed by atoms with van der Waals surface area (Å²) >= 11 is 7.99. The van der Waals surface area contributed by atoms with E-state index in [0.29, 0.717) is 24.7 Å². The van der Waals surface area contributed by atoms with Crippen LogP contribution in [0.25, 0.3) is 16.2 Å². The molecule has 1 aromatic heterocycles. The normalized spacial score (nSPS) is 17.8. The van der Waals surface area contributed by atoms with Gasteiger partial charge in [-0.3, -0.25) is 9.59 Å². The first-order valence-electron chi connectivity index (χ1n) is 9.02. The van der Waals surface area contributed by atoms with Crippen molar-refractivity contribution in [2.75, 3.05) is 19.6 Å². The second-order valence-corrected chi connectivity index (χ2v) is 7.99. The minimum Gasteiger partial charge on any atom is -0.356 e. The van der Waals surface area contributed by atoms with Crippen molar-refractivity contribution in [1.29, 1.82) is 0 Å². The fraction of sp³-hybridized carbons (Fsp3) is 0.400. The van der Waals surface area contributed by atoms with Crippen LogP contribution in [0.3, 0.4) is 0 Å². The molecule has 1 saturated heterocycles. The lowest BCUT2D eigenvalue weighted by molar-refractivity contribution is -0.132. The molecule has 1 unspecified atom stereocenters. The van der Waals surface area contributed by atoms with Crippen LogP contribution in [0.5, 0.6) is 0 Å². The largest absolute Gasteiger partial charge is 0.356 e. The zero-order chi connectivity index (χ0) is 18.5. The summed E-state index contributed by atoms with van der Waals surface area (Å²) in [6.45, 7) is 3.90. The minimum absolute atomic E-state index is 0.0564. The number of carbonyl (C=O) groups is 2. The molecule has 0 saturated carbocycles. The monoisotopic (exact) mass is 390 g/mol. The van der Waals surface area contributed by atoms with Gasteiger partial charge in [0.15, 0.2) is 0 Å². The quantitative estimate of drug-likeness (QED) is 0.772. The molecule has 1 aliphatic heterocycles. The second kappa shape index (κ2) is 8.69. The molecule has 0 spiro atoms. The van der Waals surface area contributed by atoms with E-state index in [1.165, 1.54) is 0 Å². The first-order chi connectivity index (χ1) is 12.6. The number of fused-ring (bicyclic) bond motifs is 1. The maximum absolute atomic E-state index is 12.5. The number of halogens is 1. The van der Waals surface area contributed by atoms with Crippen LogP contribution in [-0.2, 0) is 9.59 Å². The number of likely N-dealkylation sites (tertiary alicyclic amines) is 1.